The summed E-state index contributed by atoms with van der Waals surface area (Å²) in [5.74, 6) is -0.259. The number of halogens is 1. The number of rotatable bonds is 6. The van der Waals surface area contributed by atoms with E-state index in [0.717, 1.165) is 11.1 Å². The summed E-state index contributed by atoms with van der Waals surface area (Å²) >= 11 is 6.09. The maximum Gasteiger partial charge on any atom is 0.255 e. The highest BCUT2D eigenvalue weighted by molar-refractivity contribution is 7.92. The Kier molecular flexibility index (Phi) is 6.25. The molecule has 7 heteroatoms. The van der Waals surface area contributed by atoms with Gasteiger partial charge < -0.3 is 5.32 Å². The third-order valence-corrected chi connectivity index (χ3v) is 6.05. The number of sulfonamides is 1. The number of nitrogens with zero attached hydrogens (tertiary/aromatic N) is 1. The van der Waals surface area contributed by atoms with Gasteiger partial charge in [0.1, 0.15) is 0 Å². The molecule has 150 valence electrons. The molecule has 1 amide bonds. The van der Waals surface area contributed by atoms with Gasteiger partial charge in [0.25, 0.3) is 5.91 Å². The zero-order valence-corrected chi connectivity index (χ0v) is 17.7. The predicted octanol–water partition coefficient (Wildman–Crippen LogP) is 4.87. The number of hydrogen-bond acceptors (Lipinski definition) is 3. The molecule has 5 nitrogen and oxygen atoms in total. The first-order valence-electron chi connectivity index (χ1n) is 8.94. The van der Waals surface area contributed by atoms with Crippen molar-refractivity contribution in [3.8, 4) is 0 Å². The second kappa shape index (κ2) is 8.68. The van der Waals surface area contributed by atoms with Gasteiger partial charge in [-0.05, 0) is 54.4 Å². The van der Waals surface area contributed by atoms with Crippen molar-refractivity contribution >= 4 is 38.9 Å². The van der Waals surface area contributed by atoms with Gasteiger partial charge in [0.15, 0.2) is 0 Å². The summed E-state index contributed by atoms with van der Waals surface area (Å²) < 4.78 is 25.8. The molecule has 3 aromatic carbocycles. The second-order valence-electron chi connectivity index (χ2n) is 6.67. The summed E-state index contributed by atoms with van der Waals surface area (Å²) in [6.07, 6.45) is 1.18. The molecule has 0 spiro atoms. The van der Waals surface area contributed by atoms with Crippen LogP contribution in [0.5, 0.6) is 0 Å². The Hall–Kier alpha value is -2.83. The Morgan fingerprint density at radius 1 is 0.966 bits per heavy atom. The maximum atomic E-state index is 12.5. The first-order valence-corrected chi connectivity index (χ1v) is 11.2. The van der Waals surface area contributed by atoms with Gasteiger partial charge in [0, 0.05) is 16.3 Å². The highest BCUT2D eigenvalue weighted by Crippen LogP contribution is 2.24. The molecule has 0 aliphatic rings. The monoisotopic (exact) mass is 428 g/mol. The van der Waals surface area contributed by atoms with E-state index in [9.17, 15) is 13.2 Å². The van der Waals surface area contributed by atoms with Crippen LogP contribution in [0.25, 0.3) is 0 Å². The molecule has 3 aromatic rings. The highest BCUT2D eigenvalue weighted by atomic mass is 35.5. The number of benzene rings is 3. The fourth-order valence-electron chi connectivity index (χ4n) is 2.86. The van der Waals surface area contributed by atoms with E-state index >= 15 is 0 Å². The van der Waals surface area contributed by atoms with Crippen LogP contribution < -0.4 is 9.62 Å². The van der Waals surface area contributed by atoms with E-state index in [1.54, 1.807) is 66.7 Å². The lowest BCUT2D eigenvalue weighted by atomic mass is 10.1. The number of para-hydroxylation sites is 1. The molecule has 0 saturated heterocycles. The number of nitrogens with one attached hydrogen (secondary N) is 1. The van der Waals surface area contributed by atoms with Gasteiger partial charge in [-0.1, -0.05) is 48.0 Å². The van der Waals surface area contributed by atoms with Crippen molar-refractivity contribution in [1.82, 2.24) is 0 Å². The number of carbonyl (C=O) groups is 1. The van der Waals surface area contributed by atoms with Crippen molar-refractivity contribution < 1.29 is 13.2 Å². The highest BCUT2D eigenvalue weighted by Gasteiger charge is 2.18. The van der Waals surface area contributed by atoms with Crippen molar-refractivity contribution in [3.63, 3.8) is 0 Å². The van der Waals surface area contributed by atoms with E-state index in [2.05, 4.69) is 5.32 Å². The fraction of sp³-hybridized carbons (Fsp3) is 0.136. The minimum absolute atomic E-state index is 0.179. The van der Waals surface area contributed by atoms with Crippen LogP contribution in [0.3, 0.4) is 0 Å². The normalized spacial score (nSPS) is 11.1. The van der Waals surface area contributed by atoms with Crippen LogP contribution in [-0.4, -0.2) is 20.6 Å². The average molecular weight is 429 g/mol. The van der Waals surface area contributed by atoms with Crippen molar-refractivity contribution in [2.75, 3.05) is 15.9 Å². The Morgan fingerprint density at radius 2 is 1.62 bits per heavy atom. The van der Waals surface area contributed by atoms with Crippen LogP contribution in [0.4, 0.5) is 11.4 Å². The Balaban J connectivity index is 1.77. The molecule has 0 radical (unpaired) electrons. The van der Waals surface area contributed by atoms with Crippen LogP contribution in [0.15, 0.2) is 72.8 Å². The van der Waals surface area contributed by atoms with Crippen LogP contribution >= 0.6 is 11.6 Å². The van der Waals surface area contributed by atoms with E-state index in [1.165, 1.54) is 10.6 Å². The molecule has 0 saturated carbocycles. The molecule has 3 rings (SSSR count). The Morgan fingerprint density at radius 3 is 2.24 bits per heavy atom. The molecule has 1 N–H and O–H groups in total. The second-order valence-corrected chi connectivity index (χ2v) is 8.98. The van der Waals surface area contributed by atoms with Crippen molar-refractivity contribution in [2.24, 2.45) is 0 Å². The molecule has 29 heavy (non-hydrogen) atoms. The van der Waals surface area contributed by atoms with Gasteiger partial charge in [-0.25, -0.2) is 8.42 Å². The molecule has 0 unspecified atom stereocenters. The minimum atomic E-state index is -3.45. The molecule has 0 atom stereocenters. The van der Waals surface area contributed by atoms with Gasteiger partial charge in [0.05, 0.1) is 18.5 Å². The predicted molar refractivity (Wildman–Crippen MR) is 118 cm³/mol. The molecular weight excluding hydrogens is 408 g/mol. The summed E-state index contributed by atoms with van der Waals surface area (Å²) in [5.41, 5.74) is 3.28. The van der Waals surface area contributed by atoms with E-state index in [0.29, 0.717) is 22.0 Å². The summed E-state index contributed by atoms with van der Waals surface area (Å²) in [5, 5.41) is 3.43. The van der Waals surface area contributed by atoms with Gasteiger partial charge in [0.2, 0.25) is 10.0 Å². The first-order chi connectivity index (χ1) is 13.8. The first kappa shape index (κ1) is 20.9. The van der Waals surface area contributed by atoms with E-state index in [4.69, 9.17) is 11.6 Å². The summed E-state index contributed by atoms with van der Waals surface area (Å²) in [7, 11) is -3.45. The molecule has 0 aromatic heterocycles. The molecule has 0 bridgehead atoms. The van der Waals surface area contributed by atoms with Crippen LogP contribution in [-0.2, 0) is 16.6 Å². The quantitative estimate of drug-likeness (QED) is 0.609. The lowest BCUT2D eigenvalue weighted by Gasteiger charge is -2.22. The third kappa shape index (κ3) is 5.16. The van der Waals surface area contributed by atoms with E-state index < -0.39 is 10.0 Å². The summed E-state index contributed by atoms with van der Waals surface area (Å²) in [4.78, 5) is 12.5. The molecule has 0 heterocycles. The Labute approximate surface area is 176 Å². The number of carbonyl (C=O) groups excluding carboxylic acids is 1. The largest absolute Gasteiger partial charge is 0.322 e. The third-order valence-electron chi connectivity index (χ3n) is 4.50. The van der Waals surface area contributed by atoms with Crippen LogP contribution in [0.2, 0.25) is 5.02 Å². The smallest absolute Gasteiger partial charge is 0.255 e. The van der Waals surface area contributed by atoms with Crippen molar-refractivity contribution in [1.29, 1.82) is 0 Å². The zero-order chi connectivity index (χ0) is 21.0. The van der Waals surface area contributed by atoms with E-state index in [1.807, 2.05) is 13.0 Å². The zero-order valence-electron chi connectivity index (χ0n) is 16.1. The number of anilines is 2. The standard InChI is InChI=1S/C22H21ClN2O3S/c1-16-20(23)9-6-10-21(16)24-22(26)18-13-11-17(12-14-18)15-25(29(2,27)28)19-7-4-3-5-8-19/h3-14H,15H2,1-2H3,(H,24,26). The van der Waals surface area contributed by atoms with Gasteiger partial charge in [-0.3, -0.25) is 9.10 Å². The molecule has 0 fully saturated rings. The van der Waals surface area contributed by atoms with Crippen LogP contribution in [0.1, 0.15) is 21.5 Å². The average Bonchev–Trinajstić information content (AvgIpc) is 2.70. The Bertz CT molecular complexity index is 1110. The maximum absolute atomic E-state index is 12.5. The van der Waals surface area contributed by atoms with Crippen LogP contribution in [0, 0.1) is 6.92 Å². The molecular formula is C22H21ClN2O3S. The van der Waals surface area contributed by atoms with Gasteiger partial charge in [-0.15, -0.1) is 0 Å². The number of amides is 1. The SMILES string of the molecule is Cc1c(Cl)cccc1NC(=O)c1ccc(CN(c2ccccc2)S(C)(=O)=O)cc1. The van der Waals surface area contributed by atoms with Gasteiger partial charge >= 0.3 is 0 Å². The van der Waals surface area contributed by atoms with Gasteiger partial charge in [-0.2, -0.15) is 0 Å². The van der Waals surface area contributed by atoms with Crippen molar-refractivity contribution in [2.45, 2.75) is 13.5 Å². The van der Waals surface area contributed by atoms with Crippen molar-refractivity contribution in [3.05, 3.63) is 94.5 Å². The van der Waals surface area contributed by atoms with E-state index in [-0.39, 0.29) is 12.5 Å². The number of hydrogen-bond donors (Lipinski definition) is 1. The molecule has 0 aliphatic carbocycles. The topological polar surface area (TPSA) is 66.5 Å². The molecule has 0 aliphatic heterocycles. The lowest BCUT2D eigenvalue weighted by Crippen LogP contribution is -2.29. The summed E-state index contributed by atoms with van der Waals surface area (Å²) in [6.45, 7) is 2.02. The fourth-order valence-corrected chi connectivity index (χ4v) is 3.92. The summed E-state index contributed by atoms with van der Waals surface area (Å²) in [6, 6.07) is 21.1. The lowest BCUT2D eigenvalue weighted by molar-refractivity contribution is 0.102. The minimum Gasteiger partial charge on any atom is -0.322 e.